The van der Waals surface area contributed by atoms with Gasteiger partial charge in [-0.25, -0.2) is 0 Å². The highest BCUT2D eigenvalue weighted by atomic mass is 35.5. The van der Waals surface area contributed by atoms with Crippen molar-refractivity contribution in [1.82, 2.24) is 5.32 Å². The van der Waals surface area contributed by atoms with Crippen molar-refractivity contribution in [2.24, 2.45) is 5.92 Å². The monoisotopic (exact) mass is 367 g/mol. The Balaban J connectivity index is 1.66. The summed E-state index contributed by atoms with van der Waals surface area (Å²) in [6.45, 7) is 2.19. The third kappa shape index (κ3) is 3.71. The molecule has 6 heteroatoms. The summed E-state index contributed by atoms with van der Waals surface area (Å²) in [6.07, 6.45) is 0.164. The molecule has 2 amide bonds. The number of nitrogens with one attached hydrogen (secondary N) is 1. The van der Waals surface area contributed by atoms with Crippen LogP contribution in [-0.4, -0.2) is 18.4 Å². The first kappa shape index (κ1) is 18.0. The molecule has 5 nitrogen and oxygen atoms in total. The van der Waals surface area contributed by atoms with Crippen LogP contribution in [0.4, 0.5) is 5.69 Å². The van der Waals surface area contributed by atoms with Gasteiger partial charge in [0, 0.05) is 13.0 Å². The molecule has 1 aliphatic heterocycles. The van der Waals surface area contributed by atoms with Crippen LogP contribution in [0.3, 0.4) is 0 Å². The first-order chi connectivity index (χ1) is 12.5. The van der Waals surface area contributed by atoms with Gasteiger partial charge < -0.3 is 10.2 Å². The molecule has 0 aliphatic carbocycles. The number of nitriles is 1. The van der Waals surface area contributed by atoms with Gasteiger partial charge in [-0.05, 0) is 36.8 Å². The average Bonchev–Trinajstić information content (AvgIpc) is 3.04. The number of anilines is 1. The molecule has 1 aliphatic rings. The van der Waals surface area contributed by atoms with Gasteiger partial charge in [-0.3, -0.25) is 9.59 Å². The number of benzene rings is 2. The molecular weight excluding hydrogens is 350 g/mol. The highest BCUT2D eigenvalue weighted by molar-refractivity contribution is 6.33. The molecule has 0 aromatic heterocycles. The lowest BCUT2D eigenvalue weighted by atomic mass is 10.0. The Morgan fingerprint density at radius 1 is 1.27 bits per heavy atom. The highest BCUT2D eigenvalue weighted by Gasteiger charge is 2.36. The molecule has 2 unspecified atom stereocenters. The molecule has 0 spiro atoms. The lowest BCUT2D eigenvalue weighted by Crippen LogP contribution is -2.34. The number of halogens is 1. The normalized spacial score (nSPS) is 17.7. The van der Waals surface area contributed by atoms with Crippen molar-refractivity contribution in [2.45, 2.75) is 19.4 Å². The van der Waals surface area contributed by atoms with Crippen molar-refractivity contribution in [3.63, 3.8) is 0 Å². The number of hydrogen-bond donors (Lipinski definition) is 1. The fourth-order valence-electron chi connectivity index (χ4n) is 3.05. The van der Waals surface area contributed by atoms with Crippen molar-refractivity contribution >= 4 is 29.1 Å². The number of para-hydroxylation sites is 1. The van der Waals surface area contributed by atoms with Gasteiger partial charge in [0.25, 0.3) is 0 Å². The van der Waals surface area contributed by atoms with Crippen LogP contribution >= 0.6 is 11.6 Å². The molecule has 1 heterocycles. The summed E-state index contributed by atoms with van der Waals surface area (Å²) >= 11 is 6.17. The Morgan fingerprint density at radius 3 is 2.62 bits per heavy atom. The summed E-state index contributed by atoms with van der Waals surface area (Å²) in [7, 11) is 0. The average molecular weight is 368 g/mol. The van der Waals surface area contributed by atoms with E-state index in [9.17, 15) is 9.59 Å². The lowest BCUT2D eigenvalue weighted by molar-refractivity contribution is -0.126. The minimum atomic E-state index is -0.417. The van der Waals surface area contributed by atoms with Gasteiger partial charge >= 0.3 is 0 Å². The van der Waals surface area contributed by atoms with E-state index in [1.54, 1.807) is 35.2 Å². The Hall–Kier alpha value is -2.84. The van der Waals surface area contributed by atoms with E-state index in [-0.39, 0.29) is 24.3 Å². The van der Waals surface area contributed by atoms with E-state index >= 15 is 0 Å². The van der Waals surface area contributed by atoms with Crippen LogP contribution in [0.15, 0.2) is 48.5 Å². The molecule has 0 bridgehead atoms. The molecule has 3 rings (SSSR count). The van der Waals surface area contributed by atoms with E-state index in [0.717, 1.165) is 5.56 Å². The number of hydrogen-bond acceptors (Lipinski definition) is 3. The van der Waals surface area contributed by atoms with Crippen molar-refractivity contribution in [3.8, 4) is 6.07 Å². The molecule has 1 saturated heterocycles. The molecule has 1 N–H and O–H groups in total. The van der Waals surface area contributed by atoms with Crippen LogP contribution in [0.25, 0.3) is 0 Å². The smallest absolute Gasteiger partial charge is 0.227 e. The molecular formula is C20H18ClN3O2. The summed E-state index contributed by atoms with van der Waals surface area (Å²) in [5.74, 6) is -0.686. The zero-order valence-electron chi connectivity index (χ0n) is 14.3. The standard InChI is InChI=1S/C20H18ClN3O2/c1-13(15-8-6-14(11-22)7-9-15)23-20(26)16-10-19(25)24(12-16)18-5-3-2-4-17(18)21/h2-9,13,16H,10,12H2,1H3,(H,23,26). The first-order valence-corrected chi connectivity index (χ1v) is 8.72. The second-order valence-electron chi connectivity index (χ2n) is 6.32. The van der Waals surface area contributed by atoms with E-state index in [4.69, 9.17) is 16.9 Å². The third-order valence-corrected chi connectivity index (χ3v) is 4.86. The van der Waals surface area contributed by atoms with Gasteiger partial charge in [-0.2, -0.15) is 5.26 Å². The largest absolute Gasteiger partial charge is 0.349 e. The fourth-order valence-corrected chi connectivity index (χ4v) is 3.29. The zero-order chi connectivity index (χ0) is 18.7. The molecule has 0 radical (unpaired) electrons. The van der Waals surface area contributed by atoms with Crippen molar-refractivity contribution in [1.29, 1.82) is 5.26 Å². The second-order valence-corrected chi connectivity index (χ2v) is 6.73. The highest BCUT2D eigenvalue weighted by Crippen LogP contribution is 2.31. The maximum absolute atomic E-state index is 12.6. The SMILES string of the molecule is CC(NC(=O)C1CC(=O)N(c2ccccc2Cl)C1)c1ccc(C#N)cc1. The maximum atomic E-state index is 12.6. The number of carbonyl (C=O) groups excluding carboxylic acids is 2. The first-order valence-electron chi connectivity index (χ1n) is 8.35. The van der Waals surface area contributed by atoms with Gasteiger partial charge in [-0.15, -0.1) is 0 Å². The van der Waals surface area contributed by atoms with Crippen LogP contribution in [0.2, 0.25) is 5.02 Å². The predicted octanol–water partition coefficient (Wildman–Crippen LogP) is 3.44. The number of nitrogens with zero attached hydrogens (tertiary/aromatic N) is 2. The summed E-state index contributed by atoms with van der Waals surface area (Å²) in [4.78, 5) is 26.5. The van der Waals surface area contributed by atoms with Crippen LogP contribution in [0.5, 0.6) is 0 Å². The van der Waals surface area contributed by atoms with E-state index < -0.39 is 5.92 Å². The quantitative estimate of drug-likeness (QED) is 0.899. The molecule has 2 atom stereocenters. The van der Waals surface area contributed by atoms with Crippen LogP contribution < -0.4 is 10.2 Å². The Bertz CT molecular complexity index is 873. The summed E-state index contributed by atoms with van der Waals surface area (Å²) in [6, 6.07) is 16.1. The van der Waals surface area contributed by atoms with Crippen LogP contribution in [-0.2, 0) is 9.59 Å². The van der Waals surface area contributed by atoms with Crippen molar-refractivity contribution in [2.75, 3.05) is 11.4 Å². The molecule has 2 aromatic rings. The van der Waals surface area contributed by atoms with Gasteiger partial charge in [0.15, 0.2) is 0 Å². The predicted molar refractivity (Wildman–Crippen MR) is 99.6 cm³/mol. The minimum absolute atomic E-state index is 0.107. The summed E-state index contributed by atoms with van der Waals surface area (Å²) in [5.41, 5.74) is 2.11. The van der Waals surface area contributed by atoms with Crippen LogP contribution in [0, 0.1) is 17.2 Å². The van der Waals surface area contributed by atoms with E-state index in [1.807, 2.05) is 25.1 Å². The van der Waals surface area contributed by atoms with Gasteiger partial charge in [0.1, 0.15) is 0 Å². The Labute approximate surface area is 157 Å². The van der Waals surface area contributed by atoms with E-state index in [2.05, 4.69) is 11.4 Å². The molecule has 1 fully saturated rings. The van der Waals surface area contributed by atoms with Crippen molar-refractivity contribution in [3.05, 3.63) is 64.7 Å². The Kier molecular flexibility index (Phi) is 5.24. The third-order valence-electron chi connectivity index (χ3n) is 4.54. The molecule has 26 heavy (non-hydrogen) atoms. The number of rotatable bonds is 4. The van der Waals surface area contributed by atoms with Gasteiger partial charge in [0.05, 0.1) is 34.3 Å². The number of amides is 2. The second kappa shape index (κ2) is 7.59. The summed E-state index contributed by atoms with van der Waals surface area (Å²) < 4.78 is 0. The molecule has 0 saturated carbocycles. The van der Waals surface area contributed by atoms with Crippen LogP contribution in [0.1, 0.15) is 30.5 Å². The minimum Gasteiger partial charge on any atom is -0.349 e. The Morgan fingerprint density at radius 2 is 1.96 bits per heavy atom. The maximum Gasteiger partial charge on any atom is 0.227 e. The molecule has 2 aromatic carbocycles. The number of carbonyl (C=O) groups is 2. The lowest BCUT2D eigenvalue weighted by Gasteiger charge is -2.19. The zero-order valence-corrected chi connectivity index (χ0v) is 15.0. The van der Waals surface area contributed by atoms with Gasteiger partial charge in [0.2, 0.25) is 11.8 Å². The van der Waals surface area contributed by atoms with Gasteiger partial charge in [-0.1, -0.05) is 35.9 Å². The van der Waals surface area contributed by atoms with E-state index in [1.165, 1.54) is 0 Å². The topological polar surface area (TPSA) is 73.2 Å². The summed E-state index contributed by atoms with van der Waals surface area (Å²) in [5, 5.41) is 12.3. The molecule has 132 valence electrons. The van der Waals surface area contributed by atoms with Crippen molar-refractivity contribution < 1.29 is 9.59 Å². The van der Waals surface area contributed by atoms with E-state index in [0.29, 0.717) is 22.8 Å². The fraction of sp³-hybridized carbons (Fsp3) is 0.250.